The largest absolute Gasteiger partial charge is 0.121 e. The number of benzene rings is 2. The van der Waals surface area contributed by atoms with Crippen molar-refractivity contribution in [1.82, 2.24) is 0 Å². The van der Waals surface area contributed by atoms with E-state index in [-0.39, 0.29) is 0 Å². The van der Waals surface area contributed by atoms with E-state index in [1.807, 2.05) is 11.8 Å². The van der Waals surface area contributed by atoms with E-state index in [0.717, 1.165) is 5.75 Å². The van der Waals surface area contributed by atoms with Gasteiger partial charge in [0.15, 0.2) is 0 Å². The number of hydrogen-bond donors (Lipinski definition) is 0. The summed E-state index contributed by atoms with van der Waals surface area (Å²) in [6.07, 6.45) is 1.17. The van der Waals surface area contributed by atoms with E-state index in [0.29, 0.717) is 5.92 Å². The standard InChI is InChI=1S/C17H20S/c1-14(2)12-15-8-6-7-9-16(15)13-18-17-10-4-3-5-11-17/h3-11,14H,12-13H2,1-2H3. The quantitative estimate of drug-likeness (QED) is 0.664. The Morgan fingerprint density at radius 3 is 2.11 bits per heavy atom. The molecule has 2 rings (SSSR count). The van der Waals surface area contributed by atoms with E-state index in [4.69, 9.17) is 0 Å². The van der Waals surface area contributed by atoms with Crippen LogP contribution >= 0.6 is 11.8 Å². The summed E-state index contributed by atoms with van der Waals surface area (Å²) >= 11 is 1.91. The highest BCUT2D eigenvalue weighted by molar-refractivity contribution is 7.98. The molecule has 0 fully saturated rings. The predicted octanol–water partition coefficient (Wildman–Crippen LogP) is 5.18. The molecule has 0 amide bonds. The maximum Gasteiger partial charge on any atom is 0.0234 e. The average molecular weight is 256 g/mol. The lowest BCUT2D eigenvalue weighted by Gasteiger charge is -2.11. The summed E-state index contributed by atoms with van der Waals surface area (Å²) in [6, 6.07) is 19.4. The molecule has 2 aromatic rings. The third-order valence-corrected chi connectivity index (χ3v) is 3.94. The fourth-order valence-electron chi connectivity index (χ4n) is 2.02. The second kappa shape index (κ2) is 6.65. The SMILES string of the molecule is CC(C)Cc1ccccc1CSc1ccccc1. The molecular formula is C17H20S. The number of hydrogen-bond acceptors (Lipinski definition) is 1. The van der Waals surface area contributed by atoms with Crippen molar-refractivity contribution in [2.24, 2.45) is 5.92 Å². The number of thioether (sulfide) groups is 1. The lowest BCUT2D eigenvalue weighted by molar-refractivity contribution is 0.644. The van der Waals surface area contributed by atoms with Gasteiger partial charge in [-0.1, -0.05) is 56.3 Å². The van der Waals surface area contributed by atoms with Gasteiger partial charge in [0, 0.05) is 10.6 Å². The van der Waals surface area contributed by atoms with Gasteiger partial charge in [-0.2, -0.15) is 0 Å². The van der Waals surface area contributed by atoms with Gasteiger partial charge in [-0.15, -0.1) is 11.8 Å². The van der Waals surface area contributed by atoms with Crippen LogP contribution in [0.15, 0.2) is 59.5 Å². The van der Waals surface area contributed by atoms with E-state index in [1.54, 1.807) is 0 Å². The van der Waals surface area contributed by atoms with Gasteiger partial charge in [0.25, 0.3) is 0 Å². The molecule has 0 bridgehead atoms. The lowest BCUT2D eigenvalue weighted by Crippen LogP contribution is -1.98. The lowest BCUT2D eigenvalue weighted by atomic mass is 9.99. The van der Waals surface area contributed by atoms with Gasteiger partial charge >= 0.3 is 0 Å². The van der Waals surface area contributed by atoms with Crippen LogP contribution in [0, 0.1) is 5.92 Å². The Kier molecular flexibility index (Phi) is 4.89. The van der Waals surface area contributed by atoms with E-state index >= 15 is 0 Å². The Bertz CT molecular complexity index is 474. The summed E-state index contributed by atoms with van der Waals surface area (Å²) in [6.45, 7) is 4.56. The highest BCUT2D eigenvalue weighted by atomic mass is 32.2. The summed E-state index contributed by atoms with van der Waals surface area (Å²) in [4.78, 5) is 1.34. The molecule has 0 nitrogen and oxygen atoms in total. The zero-order valence-electron chi connectivity index (χ0n) is 11.1. The van der Waals surface area contributed by atoms with Crippen LogP contribution in [0.4, 0.5) is 0 Å². The molecule has 0 aliphatic rings. The zero-order valence-corrected chi connectivity index (χ0v) is 11.9. The maximum atomic E-state index is 2.28. The van der Waals surface area contributed by atoms with Crippen molar-refractivity contribution in [3.05, 3.63) is 65.7 Å². The molecule has 0 unspecified atom stereocenters. The first kappa shape index (κ1) is 13.2. The average Bonchev–Trinajstić information content (AvgIpc) is 2.38. The smallest absolute Gasteiger partial charge is 0.0234 e. The minimum Gasteiger partial charge on any atom is -0.121 e. The topological polar surface area (TPSA) is 0 Å². The maximum absolute atomic E-state index is 2.28. The Morgan fingerprint density at radius 2 is 1.44 bits per heavy atom. The van der Waals surface area contributed by atoms with Gasteiger partial charge in [0.1, 0.15) is 0 Å². The molecule has 18 heavy (non-hydrogen) atoms. The Labute approximate surface area is 114 Å². The minimum absolute atomic E-state index is 0.716. The third kappa shape index (κ3) is 3.92. The van der Waals surface area contributed by atoms with Crippen LogP contribution in [-0.4, -0.2) is 0 Å². The monoisotopic (exact) mass is 256 g/mol. The van der Waals surface area contributed by atoms with Crippen LogP contribution in [0.1, 0.15) is 25.0 Å². The first-order valence-corrected chi connectivity index (χ1v) is 7.49. The van der Waals surface area contributed by atoms with Crippen LogP contribution in [-0.2, 0) is 12.2 Å². The Balaban J connectivity index is 2.05. The second-order valence-electron chi connectivity index (χ2n) is 4.97. The molecule has 0 saturated carbocycles. The minimum atomic E-state index is 0.716. The van der Waals surface area contributed by atoms with E-state index in [9.17, 15) is 0 Å². The Morgan fingerprint density at radius 1 is 0.833 bits per heavy atom. The molecule has 0 heterocycles. The molecule has 0 atom stereocenters. The molecule has 94 valence electrons. The second-order valence-corrected chi connectivity index (χ2v) is 6.02. The molecule has 0 spiro atoms. The van der Waals surface area contributed by atoms with Crippen molar-refractivity contribution in [2.45, 2.75) is 30.9 Å². The Hall–Kier alpha value is -1.21. The van der Waals surface area contributed by atoms with Crippen LogP contribution in [0.2, 0.25) is 0 Å². The molecule has 0 radical (unpaired) electrons. The van der Waals surface area contributed by atoms with Crippen molar-refractivity contribution in [2.75, 3.05) is 0 Å². The van der Waals surface area contributed by atoms with Crippen LogP contribution < -0.4 is 0 Å². The van der Waals surface area contributed by atoms with Crippen molar-refractivity contribution in [3.8, 4) is 0 Å². The van der Waals surface area contributed by atoms with Gasteiger partial charge < -0.3 is 0 Å². The molecule has 0 aliphatic carbocycles. The summed E-state index contributed by atoms with van der Waals surface area (Å²) in [5.74, 6) is 1.78. The first-order valence-electron chi connectivity index (χ1n) is 6.50. The van der Waals surface area contributed by atoms with E-state index in [1.165, 1.54) is 22.4 Å². The highest BCUT2D eigenvalue weighted by Gasteiger charge is 2.04. The fraction of sp³-hybridized carbons (Fsp3) is 0.294. The molecule has 1 heteroatoms. The van der Waals surface area contributed by atoms with Gasteiger partial charge in [-0.3, -0.25) is 0 Å². The summed E-state index contributed by atoms with van der Waals surface area (Å²) < 4.78 is 0. The molecule has 0 N–H and O–H groups in total. The van der Waals surface area contributed by atoms with Gasteiger partial charge in [0.05, 0.1) is 0 Å². The molecule has 2 aromatic carbocycles. The van der Waals surface area contributed by atoms with Gasteiger partial charge in [-0.25, -0.2) is 0 Å². The zero-order chi connectivity index (χ0) is 12.8. The van der Waals surface area contributed by atoms with Crippen molar-refractivity contribution >= 4 is 11.8 Å². The normalized spacial score (nSPS) is 10.8. The highest BCUT2D eigenvalue weighted by Crippen LogP contribution is 2.25. The number of rotatable bonds is 5. The van der Waals surface area contributed by atoms with Crippen molar-refractivity contribution in [3.63, 3.8) is 0 Å². The summed E-state index contributed by atoms with van der Waals surface area (Å²) in [7, 11) is 0. The third-order valence-electron chi connectivity index (χ3n) is 2.88. The fourth-order valence-corrected chi connectivity index (χ4v) is 2.97. The van der Waals surface area contributed by atoms with Crippen molar-refractivity contribution < 1.29 is 0 Å². The molecular weight excluding hydrogens is 236 g/mol. The van der Waals surface area contributed by atoms with E-state index < -0.39 is 0 Å². The van der Waals surface area contributed by atoms with Gasteiger partial charge in [0.2, 0.25) is 0 Å². The van der Waals surface area contributed by atoms with Crippen LogP contribution in [0.5, 0.6) is 0 Å². The van der Waals surface area contributed by atoms with Crippen molar-refractivity contribution in [1.29, 1.82) is 0 Å². The van der Waals surface area contributed by atoms with Crippen LogP contribution in [0.25, 0.3) is 0 Å². The molecule has 0 saturated heterocycles. The summed E-state index contributed by atoms with van der Waals surface area (Å²) in [5, 5.41) is 0. The first-order chi connectivity index (χ1) is 8.75. The predicted molar refractivity (Wildman–Crippen MR) is 81.0 cm³/mol. The molecule has 0 aliphatic heterocycles. The van der Waals surface area contributed by atoms with Crippen LogP contribution in [0.3, 0.4) is 0 Å². The summed E-state index contributed by atoms with van der Waals surface area (Å²) in [5.41, 5.74) is 2.97. The molecule has 0 aromatic heterocycles. The van der Waals surface area contributed by atoms with E-state index in [2.05, 4.69) is 68.4 Å². The van der Waals surface area contributed by atoms with Gasteiger partial charge in [-0.05, 0) is 35.6 Å².